The highest BCUT2D eigenvalue weighted by molar-refractivity contribution is 5.91. The minimum Gasteiger partial charge on any atom is -0.299 e. The average molecular weight is 327 g/mol. The fourth-order valence-corrected chi connectivity index (χ4v) is 7.81. The number of carbonyl (C=O) groups excluding carboxylic acids is 1. The van der Waals surface area contributed by atoms with E-state index in [2.05, 4.69) is 33.9 Å². The van der Waals surface area contributed by atoms with Gasteiger partial charge < -0.3 is 0 Å². The van der Waals surface area contributed by atoms with Crippen molar-refractivity contribution in [3.63, 3.8) is 0 Å². The van der Waals surface area contributed by atoms with E-state index in [0.29, 0.717) is 34.4 Å². The zero-order chi connectivity index (χ0) is 17.3. The number of fused-ring (bicyclic) bond motifs is 3. The van der Waals surface area contributed by atoms with Gasteiger partial charge >= 0.3 is 0 Å². The number of Topliss-reactive ketones (excluding diaryl/α,β-unsaturated/α-hetero) is 1. The van der Waals surface area contributed by atoms with Crippen LogP contribution < -0.4 is 0 Å². The fraction of sp³-hybridized carbons (Fsp3) is 0.783. The van der Waals surface area contributed by atoms with Crippen LogP contribution in [0.25, 0.3) is 0 Å². The molecule has 1 nitrogen and oxygen atoms in total. The third kappa shape index (κ3) is 1.70. The lowest BCUT2D eigenvalue weighted by molar-refractivity contribution is -0.179. The molecule has 0 aliphatic heterocycles. The van der Waals surface area contributed by atoms with Crippen LogP contribution in [0.4, 0.5) is 0 Å². The molecule has 0 amide bonds. The van der Waals surface area contributed by atoms with Gasteiger partial charge in [0.25, 0.3) is 0 Å². The van der Waals surface area contributed by atoms with Crippen molar-refractivity contribution in [3.05, 3.63) is 24.3 Å². The lowest BCUT2D eigenvalue weighted by Gasteiger charge is -2.68. The molecule has 0 radical (unpaired) electrons. The van der Waals surface area contributed by atoms with Gasteiger partial charge in [-0.3, -0.25) is 4.79 Å². The molecular weight excluding hydrogens is 292 g/mol. The van der Waals surface area contributed by atoms with Gasteiger partial charge in [0.15, 0.2) is 0 Å². The fourth-order valence-electron chi connectivity index (χ4n) is 7.81. The van der Waals surface area contributed by atoms with Crippen LogP contribution in [0, 0.1) is 34.0 Å². The Morgan fingerprint density at radius 1 is 1.08 bits per heavy atom. The molecule has 0 aromatic heterocycles. The summed E-state index contributed by atoms with van der Waals surface area (Å²) in [5.41, 5.74) is 2.81. The number of hydrogen-bond donors (Lipinski definition) is 0. The summed E-state index contributed by atoms with van der Waals surface area (Å²) in [5, 5.41) is 0. The van der Waals surface area contributed by atoms with Crippen molar-refractivity contribution in [2.75, 3.05) is 0 Å². The zero-order valence-corrected chi connectivity index (χ0v) is 15.9. The molecule has 2 unspecified atom stereocenters. The third-order valence-corrected chi connectivity index (χ3v) is 9.39. The summed E-state index contributed by atoms with van der Waals surface area (Å²) in [4.78, 5) is 13.6. The summed E-state index contributed by atoms with van der Waals surface area (Å²) in [6.07, 6.45) is 10.6. The van der Waals surface area contributed by atoms with E-state index in [1.165, 1.54) is 44.1 Å². The van der Waals surface area contributed by atoms with E-state index in [-0.39, 0.29) is 5.41 Å². The van der Waals surface area contributed by atoms with Crippen molar-refractivity contribution in [1.82, 2.24) is 0 Å². The highest BCUT2D eigenvalue weighted by atomic mass is 16.1. The van der Waals surface area contributed by atoms with Crippen LogP contribution in [-0.2, 0) is 4.79 Å². The molecule has 0 heterocycles. The first kappa shape index (κ1) is 16.6. The summed E-state index contributed by atoms with van der Waals surface area (Å²) in [6.45, 7) is 16.0. The summed E-state index contributed by atoms with van der Waals surface area (Å²) in [5.74, 6) is 2.23. The van der Waals surface area contributed by atoms with Crippen LogP contribution in [-0.4, -0.2) is 5.78 Å². The summed E-state index contributed by atoms with van der Waals surface area (Å²) >= 11 is 0. The maximum absolute atomic E-state index is 13.6. The molecule has 0 aromatic rings. The molecule has 5 aliphatic rings. The molecule has 132 valence electrons. The van der Waals surface area contributed by atoms with Gasteiger partial charge in [-0.2, -0.15) is 0 Å². The lowest BCUT2D eigenvalue weighted by atomic mass is 9.34. The van der Waals surface area contributed by atoms with Crippen molar-refractivity contribution < 1.29 is 4.79 Å². The Bertz CT molecular complexity index is 616. The quantitative estimate of drug-likeness (QED) is 0.599. The van der Waals surface area contributed by atoms with Gasteiger partial charge in [0.2, 0.25) is 0 Å². The SMILES string of the molecule is C=C1C(=C)[C@]23CC[C@H]1CC2[C@]1(CC)CCC[C@@](C)(CC)C1CC3=O. The van der Waals surface area contributed by atoms with Gasteiger partial charge in [0.05, 0.1) is 5.41 Å². The van der Waals surface area contributed by atoms with Gasteiger partial charge in [-0.1, -0.05) is 46.8 Å². The maximum Gasteiger partial charge on any atom is 0.144 e. The van der Waals surface area contributed by atoms with Gasteiger partial charge in [-0.05, 0) is 78.3 Å². The molecule has 2 bridgehead atoms. The topological polar surface area (TPSA) is 17.1 Å². The number of hydrogen-bond acceptors (Lipinski definition) is 1. The van der Waals surface area contributed by atoms with Crippen LogP contribution in [0.2, 0.25) is 0 Å². The second kappa shape index (κ2) is 5.08. The second-order valence-electron chi connectivity index (χ2n) is 9.63. The van der Waals surface area contributed by atoms with Crippen molar-refractivity contribution in [3.8, 4) is 0 Å². The first-order chi connectivity index (χ1) is 11.4. The number of carbonyl (C=O) groups is 1. The molecular formula is C23H34O. The van der Waals surface area contributed by atoms with Crippen LogP contribution in [0.3, 0.4) is 0 Å². The van der Waals surface area contributed by atoms with Crippen LogP contribution >= 0.6 is 0 Å². The molecule has 5 aliphatic carbocycles. The predicted molar refractivity (Wildman–Crippen MR) is 99.6 cm³/mol. The Morgan fingerprint density at radius 3 is 2.50 bits per heavy atom. The first-order valence-corrected chi connectivity index (χ1v) is 10.3. The zero-order valence-electron chi connectivity index (χ0n) is 15.9. The number of ketones is 1. The molecule has 0 saturated heterocycles. The van der Waals surface area contributed by atoms with Crippen LogP contribution in [0.5, 0.6) is 0 Å². The number of rotatable bonds is 2. The first-order valence-electron chi connectivity index (χ1n) is 10.3. The Balaban J connectivity index is 1.88. The van der Waals surface area contributed by atoms with Crippen LogP contribution in [0.1, 0.15) is 78.6 Å². The molecule has 24 heavy (non-hydrogen) atoms. The normalized spacial score (nSPS) is 50.6. The maximum atomic E-state index is 13.6. The smallest absolute Gasteiger partial charge is 0.144 e. The summed E-state index contributed by atoms with van der Waals surface area (Å²) in [7, 11) is 0. The largest absolute Gasteiger partial charge is 0.299 e. The minimum atomic E-state index is -0.246. The van der Waals surface area contributed by atoms with E-state index in [1.54, 1.807) is 0 Å². The predicted octanol–water partition coefficient (Wildman–Crippen LogP) is 6.10. The minimum absolute atomic E-state index is 0.246. The summed E-state index contributed by atoms with van der Waals surface area (Å²) in [6, 6.07) is 0. The van der Waals surface area contributed by atoms with Crippen molar-refractivity contribution in [1.29, 1.82) is 0 Å². The van der Waals surface area contributed by atoms with E-state index in [4.69, 9.17) is 0 Å². The Hall–Kier alpha value is -0.850. The highest BCUT2D eigenvalue weighted by Gasteiger charge is 2.68. The molecule has 1 heteroatoms. The van der Waals surface area contributed by atoms with Crippen molar-refractivity contribution >= 4 is 5.78 Å². The molecule has 5 fully saturated rings. The average Bonchev–Trinajstić information content (AvgIpc) is 2.60. The Labute approximate surface area is 148 Å². The molecule has 5 saturated carbocycles. The molecule has 1 spiro atoms. The third-order valence-electron chi connectivity index (χ3n) is 9.39. The van der Waals surface area contributed by atoms with Crippen molar-refractivity contribution in [2.24, 2.45) is 34.0 Å². The van der Waals surface area contributed by atoms with E-state index >= 15 is 0 Å². The number of allylic oxidation sites excluding steroid dienone is 2. The molecule has 0 aromatic carbocycles. The monoisotopic (exact) mass is 326 g/mol. The van der Waals surface area contributed by atoms with E-state index in [1.807, 2.05) is 0 Å². The molecule has 6 atom stereocenters. The standard InChI is InChI=1S/C23H34O/c1-6-21(5)10-8-11-22(7-2)18(21)14-20(24)23-12-9-17(13-19(22)23)15(3)16(23)4/h17-19H,3-4,6-14H2,1-2,5H3/t17-,18?,19?,21+,22+,23+/m0/s1. The van der Waals surface area contributed by atoms with E-state index < -0.39 is 0 Å². The Morgan fingerprint density at radius 2 is 1.83 bits per heavy atom. The highest BCUT2D eigenvalue weighted by Crippen LogP contribution is 2.73. The molecule has 5 rings (SSSR count). The van der Waals surface area contributed by atoms with Gasteiger partial charge in [-0.25, -0.2) is 0 Å². The van der Waals surface area contributed by atoms with Crippen molar-refractivity contribution in [2.45, 2.75) is 78.6 Å². The van der Waals surface area contributed by atoms with Gasteiger partial charge in [0, 0.05) is 6.42 Å². The Kier molecular flexibility index (Phi) is 3.52. The van der Waals surface area contributed by atoms with E-state index in [0.717, 1.165) is 24.8 Å². The van der Waals surface area contributed by atoms with Gasteiger partial charge in [0.1, 0.15) is 5.78 Å². The van der Waals surface area contributed by atoms with Gasteiger partial charge in [-0.15, -0.1) is 0 Å². The van der Waals surface area contributed by atoms with E-state index in [9.17, 15) is 4.79 Å². The second-order valence-corrected chi connectivity index (χ2v) is 9.63. The van der Waals surface area contributed by atoms with Crippen LogP contribution in [0.15, 0.2) is 24.3 Å². The molecule has 0 N–H and O–H groups in total. The summed E-state index contributed by atoms with van der Waals surface area (Å²) < 4.78 is 0. The lowest BCUT2D eigenvalue weighted by Crippen LogP contribution is -2.64.